The number of rotatable bonds is 7. The number of aromatic hydroxyl groups is 1. The molecule has 0 spiro atoms. The molecule has 0 aliphatic rings. The topological polar surface area (TPSA) is 92.4 Å². The van der Waals surface area contributed by atoms with Crippen LogP contribution in [0.1, 0.15) is 11.1 Å². The molecule has 0 aliphatic heterocycles. The first-order valence-electron chi connectivity index (χ1n) is 10.2. The molecule has 1 amide bonds. The molecule has 35 heavy (non-hydrogen) atoms. The highest BCUT2D eigenvalue weighted by molar-refractivity contribution is 14.1. The maximum Gasteiger partial charge on any atom is 0.250 e. The van der Waals surface area contributed by atoms with Crippen LogP contribution in [0.25, 0.3) is 17.1 Å². The number of hydrogen-bond acceptors (Lipinski definition) is 6. The Hall–Kier alpha value is -2.16. The summed E-state index contributed by atoms with van der Waals surface area (Å²) in [6, 6.07) is 19.0. The average Bonchev–Trinajstić information content (AvgIpc) is 3.25. The van der Waals surface area contributed by atoms with E-state index in [9.17, 15) is 9.90 Å². The van der Waals surface area contributed by atoms with Crippen molar-refractivity contribution >= 4 is 80.7 Å². The summed E-state index contributed by atoms with van der Waals surface area (Å²) in [5, 5.41) is 24.1. The quantitative estimate of drug-likeness (QED) is 0.105. The zero-order valence-electron chi connectivity index (χ0n) is 18.2. The average molecular weight is 730 g/mol. The van der Waals surface area contributed by atoms with Gasteiger partial charge in [-0.05, 0) is 88.5 Å². The molecule has 1 heterocycles. The number of benzene rings is 3. The first-order chi connectivity index (χ1) is 16.8. The van der Waals surface area contributed by atoms with Gasteiger partial charge in [-0.3, -0.25) is 9.36 Å². The zero-order chi connectivity index (χ0) is 24.9. The molecular weight excluding hydrogens is 712 g/mol. The van der Waals surface area contributed by atoms with Crippen molar-refractivity contribution in [3.63, 3.8) is 0 Å². The summed E-state index contributed by atoms with van der Waals surface area (Å²) in [5.74, 6) is 0.552. The lowest BCUT2D eigenvalue weighted by atomic mass is 10.1. The van der Waals surface area contributed by atoms with E-state index >= 15 is 0 Å². The molecule has 4 rings (SSSR count). The van der Waals surface area contributed by atoms with Gasteiger partial charge in [-0.2, -0.15) is 5.10 Å². The van der Waals surface area contributed by atoms with Gasteiger partial charge < -0.3 is 5.11 Å². The minimum absolute atomic E-state index is 0.0762. The summed E-state index contributed by atoms with van der Waals surface area (Å²) in [6.45, 7) is 2.02. The molecule has 0 radical (unpaired) electrons. The fourth-order valence-electron chi connectivity index (χ4n) is 3.10. The highest BCUT2D eigenvalue weighted by Crippen LogP contribution is 2.29. The van der Waals surface area contributed by atoms with Crippen LogP contribution in [0.3, 0.4) is 0 Å². The molecule has 0 aliphatic carbocycles. The summed E-state index contributed by atoms with van der Waals surface area (Å²) >= 11 is 11.5. The Labute approximate surface area is 238 Å². The second-order valence-corrected chi connectivity index (χ2v) is 11.2. The second-order valence-electron chi connectivity index (χ2n) is 7.39. The summed E-state index contributed by atoms with van der Waals surface area (Å²) in [4.78, 5) is 12.4. The first kappa shape index (κ1) is 25.9. The van der Waals surface area contributed by atoms with Crippen LogP contribution in [0, 0.1) is 14.1 Å². The van der Waals surface area contributed by atoms with E-state index in [0.717, 1.165) is 20.4 Å². The molecule has 0 saturated carbocycles. The molecule has 0 bridgehead atoms. The smallest absolute Gasteiger partial charge is 0.250 e. The maximum atomic E-state index is 12.4. The van der Waals surface area contributed by atoms with E-state index in [2.05, 4.69) is 43.3 Å². The van der Waals surface area contributed by atoms with E-state index in [1.54, 1.807) is 18.2 Å². The van der Waals surface area contributed by atoms with Crippen molar-refractivity contribution in [1.82, 2.24) is 20.2 Å². The zero-order valence-corrected chi connectivity index (χ0v) is 24.1. The van der Waals surface area contributed by atoms with Gasteiger partial charge in [0.25, 0.3) is 5.91 Å². The minimum atomic E-state index is -0.311. The minimum Gasteiger partial charge on any atom is -0.506 e. The molecule has 0 unspecified atom stereocenters. The Morgan fingerprint density at radius 3 is 2.57 bits per heavy atom. The number of hydrogen-bond donors (Lipinski definition) is 2. The van der Waals surface area contributed by atoms with Crippen molar-refractivity contribution in [3.8, 4) is 22.8 Å². The van der Waals surface area contributed by atoms with Gasteiger partial charge in [0.15, 0.2) is 11.0 Å². The summed E-state index contributed by atoms with van der Waals surface area (Å²) in [5.41, 5.74) is 5.91. The fourth-order valence-corrected chi connectivity index (χ4v) is 5.86. The Morgan fingerprint density at radius 1 is 1.14 bits per heavy atom. The summed E-state index contributed by atoms with van der Waals surface area (Å²) < 4.78 is 3.57. The number of nitrogens with one attached hydrogen (secondary N) is 1. The normalized spacial score (nSPS) is 11.2. The maximum absolute atomic E-state index is 12.4. The van der Waals surface area contributed by atoms with Crippen molar-refractivity contribution < 1.29 is 9.90 Å². The van der Waals surface area contributed by atoms with Gasteiger partial charge in [0.05, 0.1) is 15.5 Å². The number of aromatic nitrogens is 3. The van der Waals surface area contributed by atoms with E-state index < -0.39 is 0 Å². The highest BCUT2D eigenvalue weighted by Gasteiger charge is 2.17. The van der Waals surface area contributed by atoms with Crippen LogP contribution in [0.2, 0.25) is 5.02 Å². The number of thioether (sulfide) groups is 1. The van der Waals surface area contributed by atoms with Crippen LogP contribution in [0.4, 0.5) is 0 Å². The van der Waals surface area contributed by atoms with Gasteiger partial charge in [0, 0.05) is 25.4 Å². The van der Waals surface area contributed by atoms with E-state index in [4.69, 9.17) is 11.6 Å². The molecule has 0 atom stereocenters. The van der Waals surface area contributed by atoms with Crippen LogP contribution >= 0.6 is 68.5 Å². The highest BCUT2D eigenvalue weighted by atomic mass is 127. The number of amides is 1. The third-order valence-corrected chi connectivity index (χ3v) is 7.44. The predicted molar refractivity (Wildman–Crippen MR) is 157 cm³/mol. The number of carbonyl (C=O) groups excluding carboxylic acids is 1. The number of halogens is 3. The SMILES string of the molecule is Cc1ccc(-c2nnc(SCC(=O)NN=Cc3cc(I)cc(I)c3O)n2-c2ccc(Cl)cc2)cc1. The van der Waals surface area contributed by atoms with Crippen molar-refractivity contribution in [2.45, 2.75) is 12.1 Å². The Balaban J connectivity index is 1.51. The van der Waals surface area contributed by atoms with Crippen LogP contribution in [0.15, 0.2) is 70.9 Å². The number of phenolic OH excluding ortho intramolecular Hbond substituents is 1. The van der Waals surface area contributed by atoms with Crippen molar-refractivity contribution in [2.24, 2.45) is 5.10 Å². The molecule has 3 aromatic carbocycles. The number of carbonyl (C=O) groups is 1. The molecule has 11 heteroatoms. The Kier molecular flexibility index (Phi) is 8.68. The van der Waals surface area contributed by atoms with Crippen molar-refractivity contribution in [2.75, 3.05) is 5.75 Å². The molecule has 0 saturated heterocycles. The van der Waals surface area contributed by atoms with Crippen LogP contribution in [-0.2, 0) is 4.79 Å². The molecule has 2 N–H and O–H groups in total. The third kappa shape index (κ3) is 6.54. The summed E-state index contributed by atoms with van der Waals surface area (Å²) in [6.07, 6.45) is 1.42. The number of hydrazone groups is 1. The van der Waals surface area contributed by atoms with E-state index in [-0.39, 0.29) is 17.4 Å². The van der Waals surface area contributed by atoms with Gasteiger partial charge in [-0.1, -0.05) is 53.2 Å². The number of nitrogens with zero attached hydrogens (tertiary/aromatic N) is 4. The third-order valence-electron chi connectivity index (χ3n) is 4.81. The Morgan fingerprint density at radius 2 is 1.86 bits per heavy atom. The molecule has 4 aromatic rings. The largest absolute Gasteiger partial charge is 0.506 e. The molecule has 178 valence electrons. The first-order valence-corrected chi connectivity index (χ1v) is 13.7. The summed E-state index contributed by atoms with van der Waals surface area (Å²) in [7, 11) is 0. The molecular formula is C24H18ClI2N5O2S. The number of aryl methyl sites for hydroxylation is 1. The van der Waals surface area contributed by atoms with Crippen molar-refractivity contribution in [1.29, 1.82) is 0 Å². The van der Waals surface area contributed by atoms with Crippen molar-refractivity contribution in [3.05, 3.63) is 84.0 Å². The van der Waals surface area contributed by atoms with Gasteiger partial charge >= 0.3 is 0 Å². The molecule has 0 fully saturated rings. The van der Waals surface area contributed by atoms with Gasteiger partial charge in [0.2, 0.25) is 0 Å². The predicted octanol–water partition coefficient (Wildman–Crippen LogP) is 6.05. The van der Waals surface area contributed by atoms with E-state index in [1.807, 2.05) is 76.5 Å². The molecule has 1 aromatic heterocycles. The van der Waals surface area contributed by atoms with Gasteiger partial charge in [-0.15, -0.1) is 10.2 Å². The fraction of sp³-hybridized carbons (Fsp3) is 0.0833. The van der Waals surface area contributed by atoms with E-state index in [1.165, 1.54) is 18.0 Å². The van der Waals surface area contributed by atoms with E-state index in [0.29, 0.717) is 25.1 Å². The lowest BCUT2D eigenvalue weighted by Gasteiger charge is -2.10. The molecule has 7 nitrogen and oxygen atoms in total. The second kappa shape index (κ2) is 11.7. The van der Waals surface area contributed by atoms with Crippen LogP contribution < -0.4 is 5.43 Å². The standard InChI is InChI=1S/C24H18ClI2N5O2S/c1-14-2-4-15(5-3-14)23-30-31-24(32(23)19-8-6-17(25)7-9-19)35-13-21(33)29-28-12-16-10-18(26)11-20(27)22(16)34/h2-12,34H,13H2,1H3,(H,29,33). The lowest BCUT2D eigenvalue weighted by Crippen LogP contribution is -2.20. The Bertz CT molecular complexity index is 1390. The van der Waals surface area contributed by atoms with Gasteiger partial charge in [-0.25, -0.2) is 5.43 Å². The monoisotopic (exact) mass is 729 g/mol. The lowest BCUT2D eigenvalue weighted by molar-refractivity contribution is -0.118. The van der Waals surface area contributed by atoms with Crippen LogP contribution in [0.5, 0.6) is 5.75 Å². The van der Waals surface area contributed by atoms with Gasteiger partial charge in [0.1, 0.15) is 5.75 Å². The number of phenols is 1. The van der Waals surface area contributed by atoms with Crippen LogP contribution in [-0.4, -0.2) is 37.7 Å².